The monoisotopic (exact) mass is 469 g/mol. The van der Waals surface area contributed by atoms with Crippen molar-refractivity contribution >= 4 is 11.8 Å². The van der Waals surface area contributed by atoms with Crippen molar-refractivity contribution in [2.75, 3.05) is 35.0 Å². The number of carboxylic acids is 1. The van der Waals surface area contributed by atoms with Crippen LogP contribution in [0.15, 0.2) is 46.0 Å². The summed E-state index contributed by atoms with van der Waals surface area (Å²) in [6.45, 7) is 0.410. The van der Waals surface area contributed by atoms with Gasteiger partial charge in [-0.1, -0.05) is 12.1 Å². The van der Waals surface area contributed by atoms with Crippen molar-refractivity contribution in [3.63, 3.8) is 0 Å². The van der Waals surface area contributed by atoms with Gasteiger partial charge in [-0.3, -0.25) is 14.4 Å². The van der Waals surface area contributed by atoms with Crippen LogP contribution in [0.25, 0.3) is 0 Å². The summed E-state index contributed by atoms with van der Waals surface area (Å²) in [7, 11) is 6.15. The zero-order chi connectivity index (χ0) is 25.2. The lowest BCUT2D eigenvalue weighted by molar-refractivity contribution is -0.105. The second-order valence-electron chi connectivity index (χ2n) is 6.16. The summed E-state index contributed by atoms with van der Waals surface area (Å²) >= 11 is 0. The Hall–Kier alpha value is -3.16. The fourth-order valence-electron chi connectivity index (χ4n) is 2.19. The molecular formula is C21H31N3O9. The van der Waals surface area contributed by atoms with E-state index in [9.17, 15) is 19.2 Å². The molecule has 2 rings (SSSR count). The molecule has 0 aliphatic rings. The molecule has 0 aromatic carbocycles. The van der Waals surface area contributed by atoms with Crippen molar-refractivity contribution in [2.24, 2.45) is 5.73 Å². The van der Waals surface area contributed by atoms with Crippen molar-refractivity contribution in [1.82, 2.24) is 9.97 Å². The van der Waals surface area contributed by atoms with E-state index in [1.54, 1.807) is 26.4 Å². The van der Waals surface area contributed by atoms with Crippen LogP contribution in [0, 0.1) is 0 Å². The first-order valence-corrected chi connectivity index (χ1v) is 9.68. The molecule has 0 atom stereocenters. The van der Waals surface area contributed by atoms with Gasteiger partial charge in [-0.05, 0) is 12.1 Å². The Morgan fingerprint density at radius 1 is 0.848 bits per heavy atom. The predicted octanol–water partition coefficient (Wildman–Crippen LogP) is 0.594. The van der Waals surface area contributed by atoms with E-state index < -0.39 is 11.5 Å². The van der Waals surface area contributed by atoms with Crippen LogP contribution in [-0.4, -0.2) is 74.4 Å². The van der Waals surface area contributed by atoms with Gasteiger partial charge in [0, 0.05) is 60.0 Å². The second kappa shape index (κ2) is 17.4. The fourth-order valence-corrected chi connectivity index (χ4v) is 2.19. The Kier molecular flexibility index (Phi) is 15.7. The van der Waals surface area contributed by atoms with E-state index in [4.69, 9.17) is 29.8 Å². The number of carbonyl (C=O) groups is 2. The van der Waals surface area contributed by atoms with Gasteiger partial charge in [0.25, 0.3) is 0 Å². The van der Waals surface area contributed by atoms with Crippen LogP contribution in [0.3, 0.4) is 0 Å². The maximum atomic E-state index is 11.7. The van der Waals surface area contributed by atoms with Crippen LogP contribution in [0.2, 0.25) is 0 Å². The summed E-state index contributed by atoms with van der Waals surface area (Å²) in [6, 6.07) is 8.47. The molecule has 12 nitrogen and oxygen atoms in total. The Bertz CT molecular complexity index is 929. The quantitative estimate of drug-likeness (QED) is 0.284. The number of aromatic carboxylic acids is 1. The number of rotatable bonds is 10. The number of pyridine rings is 2. The third-order valence-electron chi connectivity index (χ3n) is 3.92. The Labute approximate surface area is 190 Å². The van der Waals surface area contributed by atoms with Gasteiger partial charge < -0.3 is 39.8 Å². The highest BCUT2D eigenvalue weighted by Crippen LogP contribution is 2.06. The van der Waals surface area contributed by atoms with Gasteiger partial charge in [0.05, 0.1) is 5.69 Å². The lowest BCUT2D eigenvalue weighted by Crippen LogP contribution is -2.23. The Morgan fingerprint density at radius 3 is 1.64 bits per heavy atom. The summed E-state index contributed by atoms with van der Waals surface area (Å²) in [5.74, 6) is -1.26. The van der Waals surface area contributed by atoms with Gasteiger partial charge in [-0.15, -0.1) is 0 Å². The van der Waals surface area contributed by atoms with Gasteiger partial charge in [-0.25, -0.2) is 4.79 Å². The lowest BCUT2D eigenvalue weighted by atomic mass is 10.1. The predicted molar refractivity (Wildman–Crippen MR) is 119 cm³/mol. The molecule has 0 unspecified atom stereocenters. The maximum Gasteiger partial charge on any atom is 0.352 e. The zero-order valence-corrected chi connectivity index (χ0v) is 19.0. The van der Waals surface area contributed by atoms with Crippen LogP contribution < -0.4 is 16.9 Å². The molecule has 2 aromatic heterocycles. The van der Waals surface area contributed by atoms with Crippen molar-refractivity contribution in [1.29, 1.82) is 0 Å². The minimum atomic E-state index is -1.13. The lowest BCUT2D eigenvalue weighted by Gasteiger charge is -2.11. The number of ether oxygens (including phenoxy) is 4. The van der Waals surface area contributed by atoms with E-state index in [1.165, 1.54) is 38.5 Å². The number of methoxy groups -OCH3 is 4. The minimum absolute atomic E-state index is 0.0903. The minimum Gasteiger partial charge on any atom is -0.477 e. The number of ketones is 1. The van der Waals surface area contributed by atoms with E-state index in [0.29, 0.717) is 18.7 Å². The molecule has 0 saturated carbocycles. The molecule has 12 heteroatoms. The molecule has 0 radical (unpaired) electrons. The first-order valence-electron chi connectivity index (χ1n) is 9.68. The average molecular weight is 469 g/mol. The molecule has 2 heterocycles. The number of carbonyl (C=O) groups excluding carboxylic acids is 1. The smallest absolute Gasteiger partial charge is 0.352 e. The Balaban J connectivity index is 0.000000514. The van der Waals surface area contributed by atoms with Crippen LogP contribution in [-0.2, 0) is 18.9 Å². The number of Topliss-reactive ketones (excluding diaryl/α,β-unsaturated/α-hetero) is 1. The van der Waals surface area contributed by atoms with E-state index in [0.717, 1.165) is 0 Å². The molecule has 0 spiro atoms. The van der Waals surface area contributed by atoms with Crippen molar-refractivity contribution < 1.29 is 33.6 Å². The molecular weight excluding hydrogens is 438 g/mol. The molecule has 0 fully saturated rings. The number of nitrogens with two attached hydrogens (primary N) is 1. The Morgan fingerprint density at radius 2 is 1.30 bits per heavy atom. The van der Waals surface area contributed by atoms with Crippen molar-refractivity contribution in [2.45, 2.75) is 25.4 Å². The molecule has 0 aliphatic heterocycles. The largest absolute Gasteiger partial charge is 0.477 e. The van der Waals surface area contributed by atoms with Crippen LogP contribution >= 0.6 is 0 Å². The standard InChI is InChI=1S/C11H15NO4.C6H5NO3.C4H11NO2/c1-15-11(16-2)7-6-9(13)8-4-3-5-10(14)12-8;8-5-3-1-2-4(7-5)6(9)10;1-6-4(3-5)7-2/h3-5,11H,6-7H2,1-2H3,(H,12,14);1-3H,(H,7,8)(H,9,10);4H,3,5H2,1-2H3. The molecule has 0 amide bonds. The van der Waals surface area contributed by atoms with E-state index in [2.05, 4.69) is 9.97 Å². The summed E-state index contributed by atoms with van der Waals surface area (Å²) in [5.41, 5.74) is 4.69. The molecule has 0 aliphatic carbocycles. The molecule has 5 N–H and O–H groups in total. The molecule has 0 saturated heterocycles. The van der Waals surface area contributed by atoms with Crippen molar-refractivity contribution in [3.05, 3.63) is 68.5 Å². The number of nitrogens with one attached hydrogen (secondary N) is 2. The normalized spacial score (nSPS) is 10.2. The van der Waals surface area contributed by atoms with Gasteiger partial charge >= 0.3 is 5.97 Å². The third kappa shape index (κ3) is 13.1. The van der Waals surface area contributed by atoms with Crippen LogP contribution in [0.5, 0.6) is 0 Å². The van der Waals surface area contributed by atoms with Crippen LogP contribution in [0.4, 0.5) is 0 Å². The first kappa shape index (κ1) is 29.8. The third-order valence-corrected chi connectivity index (χ3v) is 3.92. The van der Waals surface area contributed by atoms with Crippen molar-refractivity contribution in [3.8, 4) is 0 Å². The van der Waals surface area contributed by atoms with E-state index in [-0.39, 0.29) is 36.0 Å². The number of carboxylic acid groups (broad SMARTS) is 1. The molecule has 184 valence electrons. The number of hydrogen-bond acceptors (Lipinski definition) is 9. The van der Waals surface area contributed by atoms with E-state index >= 15 is 0 Å². The summed E-state index contributed by atoms with van der Waals surface area (Å²) in [6.07, 6.45) is 0.106. The number of H-pyrrole nitrogens is 2. The summed E-state index contributed by atoms with van der Waals surface area (Å²) in [5, 5.41) is 8.34. The van der Waals surface area contributed by atoms with E-state index in [1.807, 2.05) is 0 Å². The molecule has 0 bridgehead atoms. The fraction of sp³-hybridized carbons (Fsp3) is 0.429. The number of aromatic amines is 2. The van der Waals surface area contributed by atoms with Gasteiger partial charge in [0.2, 0.25) is 11.1 Å². The molecule has 33 heavy (non-hydrogen) atoms. The summed E-state index contributed by atoms with van der Waals surface area (Å²) in [4.78, 5) is 47.9. The SMILES string of the molecule is COC(CCC(=O)c1cccc(=O)[nH]1)OC.COC(CN)OC.O=C(O)c1cccc(=O)[nH]1. The zero-order valence-electron chi connectivity index (χ0n) is 19.0. The average Bonchev–Trinajstić information content (AvgIpc) is 2.81. The topological polar surface area (TPSA) is 183 Å². The van der Waals surface area contributed by atoms with Crippen LogP contribution in [0.1, 0.15) is 33.8 Å². The van der Waals surface area contributed by atoms with Gasteiger partial charge in [-0.2, -0.15) is 0 Å². The number of hydrogen-bond donors (Lipinski definition) is 4. The first-order chi connectivity index (χ1) is 15.7. The summed E-state index contributed by atoms with van der Waals surface area (Å²) < 4.78 is 19.3. The highest BCUT2D eigenvalue weighted by atomic mass is 16.7. The second-order valence-corrected chi connectivity index (χ2v) is 6.16. The maximum absolute atomic E-state index is 11.7. The number of aromatic nitrogens is 2. The molecule has 2 aromatic rings. The van der Waals surface area contributed by atoms with Gasteiger partial charge in [0.15, 0.2) is 18.4 Å². The highest BCUT2D eigenvalue weighted by molar-refractivity contribution is 5.94. The highest BCUT2D eigenvalue weighted by Gasteiger charge is 2.11. The van der Waals surface area contributed by atoms with Gasteiger partial charge in [0.1, 0.15) is 5.69 Å².